The molecule has 10 nitrogen and oxygen atoms in total. The van der Waals surface area contributed by atoms with Gasteiger partial charge in [-0.15, -0.1) is 5.10 Å². The number of furan rings is 1. The van der Waals surface area contributed by atoms with Crippen molar-refractivity contribution in [2.45, 2.75) is 63.8 Å². The number of halogens is 3. The Morgan fingerprint density at radius 2 is 1.65 bits per heavy atom. The maximum atomic E-state index is 13.8. The molecule has 1 amide bonds. The van der Waals surface area contributed by atoms with E-state index in [4.69, 9.17) is 44.3 Å². The van der Waals surface area contributed by atoms with Crippen LogP contribution in [0.2, 0.25) is 15.1 Å². The topological polar surface area (TPSA) is 128 Å². The van der Waals surface area contributed by atoms with Gasteiger partial charge >= 0.3 is 11.6 Å². The molecule has 3 aromatic carbocycles. The van der Waals surface area contributed by atoms with E-state index in [1.807, 2.05) is 29.0 Å². The van der Waals surface area contributed by atoms with E-state index >= 15 is 0 Å². The molecule has 0 unspecified atom stereocenters. The molecule has 0 aliphatic heterocycles. The summed E-state index contributed by atoms with van der Waals surface area (Å²) in [5.74, 6) is -0.829. The first kappa shape index (κ1) is 36.3. The molecule has 0 atom stereocenters. The Bertz CT molecular complexity index is 2110. The Balaban J connectivity index is 1.41. The largest absolute Gasteiger partial charge is 0.456 e. The summed E-state index contributed by atoms with van der Waals surface area (Å²) in [5, 5.41) is 8.33. The number of amides is 1. The highest BCUT2D eigenvalue weighted by Gasteiger charge is 2.26. The molecular formula is C35H36Cl3N5O5S. The van der Waals surface area contributed by atoms with Crippen molar-refractivity contribution in [2.24, 2.45) is 0 Å². The lowest BCUT2D eigenvalue weighted by molar-refractivity contribution is 0.0954. The lowest BCUT2D eigenvalue weighted by Crippen LogP contribution is -2.30. The first-order chi connectivity index (χ1) is 23.5. The van der Waals surface area contributed by atoms with Crippen LogP contribution in [-0.2, 0) is 23.0 Å². The number of nitrogens with one attached hydrogen (secondary N) is 2. The fraction of sp³-hybridized carbons (Fsp3) is 0.286. The number of benzene rings is 3. The van der Waals surface area contributed by atoms with Crippen LogP contribution in [0.4, 0.5) is 5.69 Å². The molecule has 5 rings (SSSR count). The van der Waals surface area contributed by atoms with Crippen LogP contribution in [0.5, 0.6) is 0 Å². The van der Waals surface area contributed by atoms with Crippen LogP contribution in [0.1, 0.15) is 67.9 Å². The SMILES string of the molecule is CCCCCNc1ccc(Cl)c(-n2nc(CCCC)n(Cc3ccc(-c4ccccc4S(=O)(=O)NC(=O)c4occ(Cl)c4Cl)cc3)c2=O)c1. The summed E-state index contributed by atoms with van der Waals surface area (Å²) in [4.78, 5) is 26.4. The van der Waals surface area contributed by atoms with Crippen molar-refractivity contribution in [3.8, 4) is 16.8 Å². The number of aromatic nitrogens is 3. The maximum absolute atomic E-state index is 13.8. The highest BCUT2D eigenvalue weighted by Crippen LogP contribution is 2.30. The lowest BCUT2D eigenvalue weighted by Gasteiger charge is -2.12. The number of nitrogens with zero attached hydrogens (tertiary/aromatic N) is 3. The Hall–Kier alpha value is -4.03. The molecule has 0 bridgehead atoms. The quantitative estimate of drug-likeness (QED) is 0.103. The number of anilines is 1. The summed E-state index contributed by atoms with van der Waals surface area (Å²) in [7, 11) is -4.34. The van der Waals surface area contributed by atoms with Gasteiger partial charge in [0.15, 0.2) is 0 Å². The predicted molar refractivity (Wildman–Crippen MR) is 194 cm³/mol. The third kappa shape index (κ3) is 8.41. The summed E-state index contributed by atoms with van der Waals surface area (Å²) in [5.41, 5.74) is 2.80. The number of aryl methyl sites for hydroxylation is 1. The number of rotatable bonds is 15. The molecule has 2 heterocycles. The first-order valence-electron chi connectivity index (χ1n) is 15.9. The van der Waals surface area contributed by atoms with Gasteiger partial charge in [0.2, 0.25) is 5.76 Å². The van der Waals surface area contributed by atoms with E-state index in [1.54, 1.807) is 41.0 Å². The van der Waals surface area contributed by atoms with Gasteiger partial charge in [-0.05, 0) is 48.2 Å². The Labute approximate surface area is 300 Å². The molecule has 258 valence electrons. The predicted octanol–water partition coefficient (Wildman–Crippen LogP) is 8.37. The zero-order valence-electron chi connectivity index (χ0n) is 27.0. The zero-order valence-corrected chi connectivity index (χ0v) is 30.1. The van der Waals surface area contributed by atoms with Crippen LogP contribution in [0.15, 0.2) is 87.1 Å². The van der Waals surface area contributed by atoms with Crippen molar-refractivity contribution in [2.75, 3.05) is 11.9 Å². The Kier molecular flexibility index (Phi) is 11.9. The second-order valence-electron chi connectivity index (χ2n) is 11.5. The van der Waals surface area contributed by atoms with Crippen molar-refractivity contribution in [3.05, 3.63) is 116 Å². The van der Waals surface area contributed by atoms with Crippen molar-refractivity contribution in [1.29, 1.82) is 0 Å². The molecule has 0 fully saturated rings. The van der Waals surface area contributed by atoms with Gasteiger partial charge < -0.3 is 9.73 Å². The first-order valence-corrected chi connectivity index (χ1v) is 18.6. The van der Waals surface area contributed by atoms with Gasteiger partial charge in [0.1, 0.15) is 17.1 Å². The van der Waals surface area contributed by atoms with E-state index < -0.39 is 21.7 Å². The minimum atomic E-state index is -4.34. The van der Waals surface area contributed by atoms with E-state index in [2.05, 4.69) is 19.2 Å². The highest BCUT2D eigenvalue weighted by atomic mass is 35.5. The minimum Gasteiger partial charge on any atom is -0.456 e. The van der Waals surface area contributed by atoms with Crippen LogP contribution in [0, 0.1) is 0 Å². The van der Waals surface area contributed by atoms with Gasteiger partial charge in [0.25, 0.3) is 10.0 Å². The number of hydrogen-bond donors (Lipinski definition) is 2. The van der Waals surface area contributed by atoms with E-state index in [9.17, 15) is 18.0 Å². The molecule has 5 aromatic rings. The molecule has 14 heteroatoms. The smallest absolute Gasteiger partial charge is 0.351 e. The van der Waals surface area contributed by atoms with Crippen LogP contribution in [-0.4, -0.2) is 35.2 Å². The number of sulfonamides is 1. The van der Waals surface area contributed by atoms with Crippen LogP contribution < -0.4 is 15.7 Å². The number of carbonyl (C=O) groups excluding carboxylic acids is 1. The second-order valence-corrected chi connectivity index (χ2v) is 14.3. The van der Waals surface area contributed by atoms with E-state index in [0.29, 0.717) is 34.1 Å². The Morgan fingerprint density at radius 1 is 0.918 bits per heavy atom. The molecule has 0 radical (unpaired) electrons. The zero-order chi connectivity index (χ0) is 35.1. The molecule has 0 aliphatic carbocycles. The molecule has 2 aromatic heterocycles. The van der Waals surface area contributed by atoms with Crippen molar-refractivity contribution in [3.63, 3.8) is 0 Å². The number of carbonyl (C=O) groups is 1. The van der Waals surface area contributed by atoms with Crippen molar-refractivity contribution >= 4 is 56.4 Å². The van der Waals surface area contributed by atoms with E-state index in [-0.39, 0.29) is 27.2 Å². The average molecular weight is 745 g/mol. The van der Waals surface area contributed by atoms with Crippen molar-refractivity contribution in [1.82, 2.24) is 19.1 Å². The molecule has 2 N–H and O–H groups in total. The van der Waals surface area contributed by atoms with E-state index in [0.717, 1.165) is 56.2 Å². The van der Waals surface area contributed by atoms with E-state index in [1.165, 1.54) is 10.7 Å². The third-order valence-electron chi connectivity index (χ3n) is 7.88. The van der Waals surface area contributed by atoms with Gasteiger partial charge in [-0.2, -0.15) is 4.68 Å². The molecule has 0 saturated heterocycles. The van der Waals surface area contributed by atoms with Crippen LogP contribution in [0.25, 0.3) is 16.8 Å². The maximum Gasteiger partial charge on any atom is 0.351 e. The summed E-state index contributed by atoms with van der Waals surface area (Å²) in [6.07, 6.45) is 6.72. The fourth-order valence-corrected chi connectivity index (χ4v) is 6.96. The van der Waals surface area contributed by atoms with Gasteiger partial charge in [-0.1, -0.05) is 110 Å². The molecule has 0 spiro atoms. The Morgan fingerprint density at radius 3 is 2.35 bits per heavy atom. The van der Waals surface area contributed by atoms with Gasteiger partial charge in [-0.3, -0.25) is 9.36 Å². The van der Waals surface area contributed by atoms with Gasteiger partial charge in [0, 0.05) is 24.2 Å². The lowest BCUT2D eigenvalue weighted by atomic mass is 10.0. The summed E-state index contributed by atoms with van der Waals surface area (Å²) in [6, 6.07) is 19.0. The second kappa shape index (κ2) is 16.1. The molecular weight excluding hydrogens is 709 g/mol. The normalized spacial score (nSPS) is 11.5. The summed E-state index contributed by atoms with van der Waals surface area (Å²) < 4.78 is 36.7. The summed E-state index contributed by atoms with van der Waals surface area (Å²) >= 11 is 18.4. The van der Waals surface area contributed by atoms with Gasteiger partial charge in [0.05, 0.1) is 27.2 Å². The fourth-order valence-electron chi connectivity index (χ4n) is 5.28. The third-order valence-corrected chi connectivity index (χ3v) is 10.3. The molecule has 49 heavy (non-hydrogen) atoms. The average Bonchev–Trinajstić information content (AvgIpc) is 3.59. The molecule has 0 aliphatic rings. The summed E-state index contributed by atoms with van der Waals surface area (Å²) in [6.45, 7) is 5.29. The monoisotopic (exact) mass is 743 g/mol. The standard InChI is InChI=1S/C35H36Cl3N5O5S/c1-3-5-9-19-39-25-17-18-27(36)29(20-25)43-35(45)42(31(40-43)12-6-4-2)21-23-13-15-24(16-14-23)26-10-7-8-11-30(26)49(46,47)41-34(44)33-32(38)28(37)22-48-33/h7-8,10-11,13-18,20,22,39H,3-6,9,12,19,21H2,1-2H3,(H,41,44). The molecule has 0 saturated carbocycles. The van der Waals surface area contributed by atoms with Crippen LogP contribution in [0.3, 0.4) is 0 Å². The number of hydrogen-bond acceptors (Lipinski definition) is 7. The minimum absolute atomic E-state index is 0.0136. The van der Waals surface area contributed by atoms with Crippen molar-refractivity contribution < 1.29 is 17.6 Å². The van der Waals surface area contributed by atoms with Crippen LogP contribution >= 0.6 is 34.8 Å². The number of unbranched alkanes of at least 4 members (excludes halogenated alkanes) is 3. The highest BCUT2D eigenvalue weighted by molar-refractivity contribution is 7.90. The van der Waals surface area contributed by atoms with Gasteiger partial charge in [-0.25, -0.2) is 17.9 Å².